The molecule has 1 aliphatic heterocycles. The molecule has 0 bridgehead atoms. The minimum absolute atomic E-state index is 0.0369. The first-order valence-electron chi connectivity index (χ1n) is 6.63. The Hall–Kier alpha value is -2.01. The Morgan fingerprint density at radius 3 is 2.62 bits per heavy atom. The lowest BCUT2D eigenvalue weighted by Gasteiger charge is -2.18. The number of thioether (sulfide) groups is 1. The van der Waals surface area contributed by atoms with Crippen LogP contribution in [0.25, 0.3) is 10.9 Å². The van der Waals surface area contributed by atoms with Crippen LogP contribution in [0.3, 0.4) is 0 Å². The van der Waals surface area contributed by atoms with Gasteiger partial charge in [-0.3, -0.25) is 9.78 Å². The lowest BCUT2D eigenvalue weighted by molar-refractivity contribution is -0.136. The first-order valence-corrected chi connectivity index (χ1v) is 7.51. The number of hydrogen-bond acceptors (Lipinski definition) is 4. The molecular weight excluding hydrogens is 284 g/mol. The van der Waals surface area contributed by atoms with Crippen molar-refractivity contribution < 1.29 is 9.90 Å². The normalized spacial score (nSPS) is 15.6. The Kier molecular flexibility index (Phi) is 4.85. The molecule has 0 aliphatic carbocycles. The Morgan fingerprint density at radius 1 is 1.29 bits per heavy atom. The quantitative estimate of drug-likeness (QED) is 0.887. The van der Waals surface area contributed by atoms with Crippen molar-refractivity contribution in [2.24, 2.45) is 0 Å². The van der Waals surface area contributed by atoms with E-state index in [0.717, 1.165) is 11.2 Å². The highest BCUT2D eigenvalue weighted by molar-refractivity contribution is 8.03. The summed E-state index contributed by atoms with van der Waals surface area (Å²) in [6, 6.07) is 12.1. The summed E-state index contributed by atoms with van der Waals surface area (Å²) in [6.07, 6.45) is 1.90. The van der Waals surface area contributed by atoms with Crippen LogP contribution in [-0.2, 0) is 4.79 Å². The summed E-state index contributed by atoms with van der Waals surface area (Å²) >= 11 is 1.61. The maximum Gasteiger partial charge on any atom is 0.309 e. The molecule has 5 heteroatoms. The molecule has 110 valence electrons. The molecule has 1 aliphatic rings. The lowest BCUT2D eigenvalue weighted by atomic mass is 10.2. The average molecular weight is 302 g/mol. The van der Waals surface area contributed by atoms with Gasteiger partial charge in [0.1, 0.15) is 0 Å². The molecule has 2 heterocycles. The van der Waals surface area contributed by atoms with E-state index in [1.54, 1.807) is 11.8 Å². The number of nitrogens with one attached hydrogen (secondary N) is 1. The molecule has 0 radical (unpaired) electrons. The molecule has 3 rings (SSSR count). The highest BCUT2D eigenvalue weighted by Crippen LogP contribution is 2.31. The first-order chi connectivity index (χ1) is 9.96. The Balaban J connectivity index is 0.000000154. The SMILES string of the molecule is CC1(C)NC(CC(=O)O)=CS1.c1ccc2ncccc2c1. The van der Waals surface area contributed by atoms with E-state index in [4.69, 9.17) is 5.11 Å². The largest absolute Gasteiger partial charge is 0.481 e. The van der Waals surface area contributed by atoms with Crippen LogP contribution in [0.15, 0.2) is 53.7 Å². The van der Waals surface area contributed by atoms with Crippen LogP contribution < -0.4 is 5.32 Å². The van der Waals surface area contributed by atoms with Crippen LogP contribution in [-0.4, -0.2) is 20.9 Å². The molecule has 21 heavy (non-hydrogen) atoms. The Labute approximate surface area is 128 Å². The molecule has 0 saturated heterocycles. The number of carboxylic acids is 1. The molecule has 0 atom stereocenters. The summed E-state index contributed by atoms with van der Waals surface area (Å²) in [5, 5.41) is 14.6. The third-order valence-electron chi connectivity index (χ3n) is 2.81. The van der Waals surface area contributed by atoms with Crippen LogP contribution >= 0.6 is 11.8 Å². The van der Waals surface area contributed by atoms with Crippen LogP contribution in [0.1, 0.15) is 20.3 Å². The van der Waals surface area contributed by atoms with Gasteiger partial charge < -0.3 is 10.4 Å². The Morgan fingerprint density at radius 2 is 2.00 bits per heavy atom. The van der Waals surface area contributed by atoms with E-state index in [-0.39, 0.29) is 11.3 Å². The van der Waals surface area contributed by atoms with E-state index < -0.39 is 5.97 Å². The van der Waals surface area contributed by atoms with Crippen LogP contribution in [0.2, 0.25) is 0 Å². The number of carbonyl (C=O) groups is 1. The van der Waals surface area contributed by atoms with Crippen molar-refractivity contribution in [3.63, 3.8) is 0 Å². The second-order valence-electron chi connectivity index (χ2n) is 5.16. The van der Waals surface area contributed by atoms with Gasteiger partial charge in [0.2, 0.25) is 0 Å². The summed E-state index contributed by atoms with van der Waals surface area (Å²) < 4.78 is 0. The van der Waals surface area contributed by atoms with Gasteiger partial charge in [-0.1, -0.05) is 24.3 Å². The van der Waals surface area contributed by atoms with Crippen LogP contribution in [0, 0.1) is 0 Å². The molecule has 0 fully saturated rings. The predicted molar refractivity (Wildman–Crippen MR) is 86.9 cm³/mol. The fourth-order valence-electron chi connectivity index (χ4n) is 1.93. The van der Waals surface area contributed by atoms with E-state index in [9.17, 15) is 4.79 Å². The highest BCUT2D eigenvalue weighted by Gasteiger charge is 2.24. The van der Waals surface area contributed by atoms with Crippen LogP contribution in [0.5, 0.6) is 0 Å². The zero-order valence-corrected chi connectivity index (χ0v) is 12.9. The lowest BCUT2D eigenvalue weighted by Crippen LogP contribution is -2.30. The fraction of sp³-hybridized carbons (Fsp3) is 0.250. The van der Waals surface area contributed by atoms with Crippen molar-refractivity contribution >= 4 is 28.6 Å². The van der Waals surface area contributed by atoms with Gasteiger partial charge in [-0.05, 0) is 31.4 Å². The predicted octanol–water partition coefficient (Wildman–Crippen LogP) is 3.61. The van der Waals surface area contributed by atoms with Crippen molar-refractivity contribution in [2.45, 2.75) is 25.1 Å². The van der Waals surface area contributed by atoms with Crippen molar-refractivity contribution in [3.8, 4) is 0 Å². The second-order valence-corrected chi connectivity index (χ2v) is 6.65. The van der Waals surface area contributed by atoms with Gasteiger partial charge in [-0.25, -0.2) is 0 Å². The number of aliphatic carboxylic acids is 1. The van der Waals surface area contributed by atoms with Gasteiger partial charge >= 0.3 is 5.97 Å². The summed E-state index contributed by atoms with van der Waals surface area (Å²) in [5.74, 6) is -0.790. The number of nitrogens with zero attached hydrogens (tertiary/aromatic N) is 1. The minimum Gasteiger partial charge on any atom is -0.481 e. The monoisotopic (exact) mass is 302 g/mol. The molecule has 0 spiro atoms. The summed E-state index contributed by atoms with van der Waals surface area (Å²) in [5.41, 5.74) is 1.86. The van der Waals surface area contributed by atoms with E-state index in [0.29, 0.717) is 0 Å². The standard InChI is InChI=1S/C9H7N.C7H11NO2S/c1-2-6-9-8(4-1)5-3-7-10-9;1-7(2)8-5(4-11-7)3-6(9)10/h1-7H;4,8H,3H2,1-2H3,(H,9,10). The van der Waals surface area contributed by atoms with Crippen molar-refractivity contribution in [3.05, 3.63) is 53.7 Å². The van der Waals surface area contributed by atoms with Crippen LogP contribution in [0.4, 0.5) is 0 Å². The van der Waals surface area contributed by atoms with Gasteiger partial charge in [-0.2, -0.15) is 0 Å². The van der Waals surface area contributed by atoms with Crippen molar-refractivity contribution in [1.82, 2.24) is 10.3 Å². The first kappa shape index (κ1) is 15.4. The van der Waals surface area contributed by atoms with Gasteiger partial charge in [0.05, 0.1) is 16.8 Å². The van der Waals surface area contributed by atoms with E-state index in [2.05, 4.69) is 22.4 Å². The van der Waals surface area contributed by atoms with E-state index >= 15 is 0 Å². The number of carboxylic acid groups (broad SMARTS) is 1. The zero-order valence-electron chi connectivity index (χ0n) is 12.0. The maximum absolute atomic E-state index is 10.3. The minimum atomic E-state index is -0.790. The smallest absolute Gasteiger partial charge is 0.309 e. The number of rotatable bonds is 2. The average Bonchev–Trinajstić information content (AvgIpc) is 2.78. The molecule has 0 amide bonds. The topological polar surface area (TPSA) is 62.2 Å². The molecule has 2 aromatic rings. The molecule has 1 aromatic heterocycles. The maximum atomic E-state index is 10.3. The van der Waals surface area contributed by atoms with Gasteiger partial charge in [0.25, 0.3) is 0 Å². The second kappa shape index (κ2) is 6.63. The molecule has 0 saturated carbocycles. The number of hydrogen-bond donors (Lipinski definition) is 2. The highest BCUT2D eigenvalue weighted by atomic mass is 32.2. The molecular formula is C16H18N2O2S. The summed E-state index contributed by atoms with van der Waals surface area (Å²) in [6.45, 7) is 4.03. The van der Waals surface area contributed by atoms with Gasteiger partial charge in [-0.15, -0.1) is 11.8 Å². The summed E-state index contributed by atoms with van der Waals surface area (Å²) in [4.78, 5) is 14.4. The third kappa shape index (κ3) is 4.79. The molecule has 0 unspecified atom stereocenters. The number of pyridine rings is 1. The van der Waals surface area contributed by atoms with Crippen molar-refractivity contribution in [1.29, 1.82) is 0 Å². The van der Waals surface area contributed by atoms with Gasteiger partial charge in [0, 0.05) is 17.3 Å². The molecule has 4 nitrogen and oxygen atoms in total. The number of benzene rings is 1. The van der Waals surface area contributed by atoms with E-state index in [1.165, 1.54) is 5.39 Å². The third-order valence-corrected chi connectivity index (χ3v) is 3.90. The molecule has 2 N–H and O–H groups in total. The van der Waals surface area contributed by atoms with Gasteiger partial charge in [0.15, 0.2) is 0 Å². The van der Waals surface area contributed by atoms with Crippen molar-refractivity contribution in [2.75, 3.05) is 0 Å². The number of aromatic nitrogens is 1. The molecule has 1 aromatic carbocycles. The fourth-order valence-corrected chi connectivity index (χ4v) is 2.70. The zero-order chi connectivity index (χ0) is 15.3. The number of fused-ring (bicyclic) bond motifs is 1. The number of para-hydroxylation sites is 1. The Bertz CT molecular complexity index is 603. The summed E-state index contributed by atoms with van der Waals surface area (Å²) in [7, 11) is 0. The van der Waals surface area contributed by atoms with E-state index in [1.807, 2.05) is 49.7 Å².